The molecule has 0 unspecified atom stereocenters. The first-order valence-corrected chi connectivity index (χ1v) is 6.15. The summed E-state index contributed by atoms with van der Waals surface area (Å²) in [6.07, 6.45) is 5.75. The second-order valence-corrected chi connectivity index (χ2v) is 4.08. The van der Waals surface area contributed by atoms with Crippen LogP contribution in [0.1, 0.15) is 12.7 Å². The van der Waals surface area contributed by atoms with Gasteiger partial charge in [0.05, 0.1) is 11.9 Å². The molecule has 0 aliphatic rings. The first-order valence-electron chi connectivity index (χ1n) is 6.15. The summed E-state index contributed by atoms with van der Waals surface area (Å²) in [6, 6.07) is 10.0. The van der Waals surface area contributed by atoms with E-state index in [1.54, 1.807) is 17.2 Å². The molecule has 19 heavy (non-hydrogen) atoms. The number of nitrogens with zero attached hydrogens (tertiary/aromatic N) is 5. The number of rotatable bonds is 3. The van der Waals surface area contributed by atoms with Crippen LogP contribution in [-0.2, 0) is 6.42 Å². The van der Waals surface area contributed by atoms with Crippen molar-refractivity contribution in [1.82, 2.24) is 24.7 Å². The minimum atomic E-state index is 0.803. The number of hydrogen-bond donors (Lipinski definition) is 0. The molecule has 0 N–H and O–H groups in total. The Labute approximate surface area is 111 Å². The summed E-state index contributed by atoms with van der Waals surface area (Å²) in [4.78, 5) is 12.9. The molecule has 0 saturated heterocycles. The van der Waals surface area contributed by atoms with Crippen molar-refractivity contribution < 1.29 is 0 Å². The Balaban J connectivity index is 2.20. The van der Waals surface area contributed by atoms with Crippen molar-refractivity contribution >= 4 is 0 Å². The monoisotopic (exact) mass is 251 g/mol. The Morgan fingerprint density at radius 2 is 2.00 bits per heavy atom. The summed E-state index contributed by atoms with van der Waals surface area (Å²) >= 11 is 0. The molecular weight excluding hydrogens is 238 g/mol. The highest BCUT2D eigenvalue weighted by atomic mass is 15.3. The van der Waals surface area contributed by atoms with Crippen LogP contribution in [0.25, 0.3) is 16.9 Å². The molecule has 2 heterocycles. The van der Waals surface area contributed by atoms with E-state index in [2.05, 4.69) is 20.1 Å². The fourth-order valence-electron chi connectivity index (χ4n) is 1.89. The van der Waals surface area contributed by atoms with Crippen molar-refractivity contribution in [3.63, 3.8) is 0 Å². The quantitative estimate of drug-likeness (QED) is 0.716. The molecule has 2 aromatic heterocycles. The molecule has 3 rings (SSSR count). The normalized spacial score (nSPS) is 10.6. The molecular formula is C14H13N5. The number of hydrogen-bond acceptors (Lipinski definition) is 4. The zero-order valence-electron chi connectivity index (χ0n) is 10.6. The summed E-state index contributed by atoms with van der Waals surface area (Å²) in [7, 11) is 0. The van der Waals surface area contributed by atoms with E-state index in [4.69, 9.17) is 0 Å². The zero-order chi connectivity index (χ0) is 13.1. The van der Waals surface area contributed by atoms with Gasteiger partial charge in [-0.2, -0.15) is 5.10 Å². The maximum absolute atomic E-state index is 4.62. The lowest BCUT2D eigenvalue weighted by atomic mass is 10.1. The van der Waals surface area contributed by atoms with Crippen molar-refractivity contribution in [2.45, 2.75) is 13.3 Å². The molecule has 0 saturated carbocycles. The van der Waals surface area contributed by atoms with Crippen LogP contribution in [-0.4, -0.2) is 24.7 Å². The molecule has 5 heteroatoms. The highest BCUT2D eigenvalue weighted by molar-refractivity contribution is 5.68. The van der Waals surface area contributed by atoms with Gasteiger partial charge < -0.3 is 0 Å². The van der Waals surface area contributed by atoms with Gasteiger partial charge in [-0.25, -0.2) is 19.6 Å². The van der Waals surface area contributed by atoms with E-state index in [-0.39, 0.29) is 0 Å². The second-order valence-electron chi connectivity index (χ2n) is 4.08. The largest absolute Gasteiger partial charge is 0.239 e. The summed E-state index contributed by atoms with van der Waals surface area (Å²) in [6.45, 7) is 2.04. The highest BCUT2D eigenvalue weighted by Crippen LogP contribution is 2.23. The summed E-state index contributed by atoms with van der Waals surface area (Å²) in [5.41, 5.74) is 2.75. The average molecular weight is 251 g/mol. The third kappa shape index (κ3) is 2.22. The van der Waals surface area contributed by atoms with E-state index in [0.717, 1.165) is 29.2 Å². The lowest BCUT2D eigenvalue weighted by Crippen LogP contribution is -2.04. The van der Waals surface area contributed by atoms with E-state index in [0.29, 0.717) is 0 Å². The maximum Gasteiger partial charge on any atom is 0.138 e. The molecule has 0 amide bonds. The fourth-order valence-corrected chi connectivity index (χ4v) is 1.89. The minimum Gasteiger partial charge on any atom is -0.239 e. The summed E-state index contributed by atoms with van der Waals surface area (Å²) in [5.74, 6) is 0.822. The van der Waals surface area contributed by atoms with Gasteiger partial charge in [0.25, 0.3) is 0 Å². The molecule has 0 aliphatic heterocycles. The molecule has 0 atom stereocenters. The van der Waals surface area contributed by atoms with E-state index in [9.17, 15) is 0 Å². The van der Waals surface area contributed by atoms with E-state index in [1.807, 2.05) is 37.3 Å². The van der Waals surface area contributed by atoms with Gasteiger partial charge in [-0.3, -0.25) is 0 Å². The van der Waals surface area contributed by atoms with Gasteiger partial charge in [0.15, 0.2) is 0 Å². The van der Waals surface area contributed by atoms with Gasteiger partial charge in [0.2, 0.25) is 0 Å². The van der Waals surface area contributed by atoms with Gasteiger partial charge in [-0.1, -0.05) is 37.3 Å². The van der Waals surface area contributed by atoms with Gasteiger partial charge in [-0.15, -0.1) is 0 Å². The average Bonchev–Trinajstić information content (AvgIpc) is 3.01. The van der Waals surface area contributed by atoms with Gasteiger partial charge >= 0.3 is 0 Å². The summed E-state index contributed by atoms with van der Waals surface area (Å²) < 4.78 is 1.68. The smallest absolute Gasteiger partial charge is 0.138 e. The van der Waals surface area contributed by atoms with Crippen LogP contribution in [0.4, 0.5) is 0 Å². The van der Waals surface area contributed by atoms with Crippen LogP contribution < -0.4 is 0 Å². The standard InChI is InChI=1S/C14H13N5/c1-2-13-16-8-12(19-10-15-9-17-19)14(18-13)11-6-4-3-5-7-11/h3-10H,2H2,1H3. The number of aromatic nitrogens is 5. The van der Waals surface area contributed by atoms with Crippen molar-refractivity contribution in [2.24, 2.45) is 0 Å². The SMILES string of the molecule is CCc1ncc(-n2cncn2)c(-c2ccccc2)n1. The van der Waals surface area contributed by atoms with Crippen LogP contribution >= 0.6 is 0 Å². The molecule has 0 spiro atoms. The number of aryl methyl sites for hydroxylation is 1. The van der Waals surface area contributed by atoms with Crippen molar-refractivity contribution in [3.05, 3.63) is 55.0 Å². The lowest BCUT2D eigenvalue weighted by Gasteiger charge is -2.09. The Kier molecular flexibility index (Phi) is 3.02. The minimum absolute atomic E-state index is 0.803. The molecule has 94 valence electrons. The van der Waals surface area contributed by atoms with Crippen LogP contribution in [0.15, 0.2) is 49.2 Å². The van der Waals surface area contributed by atoms with Crippen molar-refractivity contribution in [3.8, 4) is 16.9 Å². The Morgan fingerprint density at radius 3 is 2.68 bits per heavy atom. The Hall–Kier alpha value is -2.56. The first-order chi connectivity index (χ1) is 9.38. The number of benzene rings is 1. The molecule has 0 bridgehead atoms. The van der Waals surface area contributed by atoms with Gasteiger partial charge in [0, 0.05) is 12.0 Å². The third-order valence-corrected chi connectivity index (χ3v) is 2.85. The molecule has 1 aromatic carbocycles. The van der Waals surface area contributed by atoms with E-state index >= 15 is 0 Å². The van der Waals surface area contributed by atoms with Crippen LogP contribution in [0.2, 0.25) is 0 Å². The molecule has 3 aromatic rings. The topological polar surface area (TPSA) is 56.5 Å². The van der Waals surface area contributed by atoms with Crippen molar-refractivity contribution in [1.29, 1.82) is 0 Å². The van der Waals surface area contributed by atoms with Crippen LogP contribution in [0.5, 0.6) is 0 Å². The predicted octanol–water partition coefficient (Wildman–Crippen LogP) is 2.29. The molecule has 0 aliphatic carbocycles. The fraction of sp³-hybridized carbons (Fsp3) is 0.143. The van der Waals surface area contributed by atoms with Gasteiger partial charge in [0.1, 0.15) is 24.2 Å². The molecule has 0 radical (unpaired) electrons. The molecule has 0 fully saturated rings. The third-order valence-electron chi connectivity index (χ3n) is 2.85. The van der Waals surface area contributed by atoms with E-state index < -0.39 is 0 Å². The lowest BCUT2D eigenvalue weighted by molar-refractivity contribution is 0.846. The van der Waals surface area contributed by atoms with Crippen LogP contribution in [0, 0.1) is 0 Å². The summed E-state index contributed by atoms with van der Waals surface area (Å²) in [5, 5.41) is 4.15. The van der Waals surface area contributed by atoms with E-state index in [1.165, 1.54) is 6.33 Å². The Bertz CT molecular complexity index is 662. The predicted molar refractivity (Wildman–Crippen MR) is 71.8 cm³/mol. The maximum atomic E-state index is 4.62. The highest BCUT2D eigenvalue weighted by Gasteiger charge is 2.11. The first kappa shape index (κ1) is 11.5. The van der Waals surface area contributed by atoms with Gasteiger partial charge in [-0.05, 0) is 0 Å². The zero-order valence-corrected chi connectivity index (χ0v) is 10.6. The second kappa shape index (κ2) is 4.97. The van der Waals surface area contributed by atoms with Crippen molar-refractivity contribution in [2.75, 3.05) is 0 Å². The molecule has 5 nitrogen and oxygen atoms in total. The van der Waals surface area contributed by atoms with Crippen LogP contribution in [0.3, 0.4) is 0 Å². The Morgan fingerprint density at radius 1 is 1.16 bits per heavy atom.